The summed E-state index contributed by atoms with van der Waals surface area (Å²) in [6, 6.07) is 0. The van der Waals surface area contributed by atoms with Crippen molar-refractivity contribution in [2.24, 2.45) is 5.92 Å². The third-order valence-corrected chi connectivity index (χ3v) is 2.15. The Labute approximate surface area is 76.0 Å². The highest BCUT2D eigenvalue weighted by Gasteiger charge is 2.28. The van der Waals surface area contributed by atoms with Gasteiger partial charge in [-0.3, -0.25) is 9.59 Å². The Balaban J connectivity index is 2.35. The van der Waals surface area contributed by atoms with E-state index in [0.717, 1.165) is 0 Å². The van der Waals surface area contributed by atoms with Crippen LogP contribution in [0.2, 0.25) is 0 Å². The van der Waals surface area contributed by atoms with Gasteiger partial charge in [0, 0.05) is 32.0 Å². The number of carbonyl (C=O) groups excluding carboxylic acids is 1. The molecule has 1 aliphatic rings. The third kappa shape index (κ3) is 2.69. The summed E-state index contributed by atoms with van der Waals surface area (Å²) in [7, 11) is 0. The van der Waals surface area contributed by atoms with Gasteiger partial charge in [-0.25, -0.2) is 0 Å². The van der Waals surface area contributed by atoms with Crippen LogP contribution in [0.4, 0.5) is 0 Å². The first-order valence-electron chi connectivity index (χ1n) is 4.24. The quantitative estimate of drug-likeness (QED) is 0.610. The van der Waals surface area contributed by atoms with Gasteiger partial charge in [0.1, 0.15) is 0 Å². The molecule has 1 amide bonds. The van der Waals surface area contributed by atoms with E-state index in [0.29, 0.717) is 13.0 Å². The summed E-state index contributed by atoms with van der Waals surface area (Å²) in [6.07, 6.45) is 0.319. The molecule has 2 N–H and O–H groups in total. The van der Waals surface area contributed by atoms with Crippen molar-refractivity contribution in [3.8, 4) is 0 Å². The Morgan fingerprint density at radius 1 is 1.62 bits per heavy atom. The van der Waals surface area contributed by atoms with Crippen LogP contribution in [0.5, 0.6) is 0 Å². The second kappa shape index (κ2) is 4.23. The number of amides is 1. The van der Waals surface area contributed by atoms with E-state index < -0.39 is 5.97 Å². The van der Waals surface area contributed by atoms with E-state index >= 15 is 0 Å². The maximum Gasteiger partial charge on any atom is 0.305 e. The maximum atomic E-state index is 11.2. The molecule has 1 aliphatic heterocycles. The zero-order chi connectivity index (χ0) is 9.84. The standard InChI is InChI=1S/C8H13NO4/c10-5-6-3-7(11)9(4-6)2-1-8(12)13/h6,10H,1-5H2,(H,12,13). The Kier molecular flexibility index (Phi) is 3.25. The van der Waals surface area contributed by atoms with Crippen LogP contribution in [-0.2, 0) is 9.59 Å². The maximum absolute atomic E-state index is 11.2. The second-order valence-electron chi connectivity index (χ2n) is 3.24. The molecule has 5 nitrogen and oxygen atoms in total. The molecule has 1 saturated heterocycles. The van der Waals surface area contributed by atoms with Crippen LogP contribution in [0.15, 0.2) is 0 Å². The number of likely N-dealkylation sites (tertiary alicyclic amines) is 1. The molecule has 0 aromatic rings. The molecule has 1 atom stereocenters. The average molecular weight is 187 g/mol. The summed E-state index contributed by atoms with van der Waals surface area (Å²) in [5.74, 6) is -0.971. The third-order valence-electron chi connectivity index (χ3n) is 2.15. The van der Waals surface area contributed by atoms with Gasteiger partial charge in [0.2, 0.25) is 5.91 Å². The molecular weight excluding hydrogens is 174 g/mol. The molecule has 1 fully saturated rings. The predicted octanol–water partition coefficient (Wildman–Crippen LogP) is -0.698. The number of hydrogen-bond donors (Lipinski definition) is 2. The van der Waals surface area contributed by atoms with Gasteiger partial charge in [0.05, 0.1) is 6.42 Å². The molecule has 5 heteroatoms. The highest BCUT2D eigenvalue weighted by molar-refractivity contribution is 5.79. The minimum atomic E-state index is -0.903. The molecule has 74 valence electrons. The van der Waals surface area contributed by atoms with Gasteiger partial charge < -0.3 is 15.1 Å². The Hall–Kier alpha value is -1.10. The van der Waals surface area contributed by atoms with Crippen LogP contribution in [0.3, 0.4) is 0 Å². The predicted molar refractivity (Wildman–Crippen MR) is 44.0 cm³/mol. The summed E-state index contributed by atoms with van der Waals surface area (Å²) in [5.41, 5.74) is 0. The molecule has 0 aromatic heterocycles. The number of aliphatic hydroxyl groups excluding tert-OH is 1. The summed E-state index contributed by atoms with van der Waals surface area (Å²) in [4.78, 5) is 22.9. The number of hydrogen-bond acceptors (Lipinski definition) is 3. The number of carbonyl (C=O) groups is 2. The monoisotopic (exact) mass is 187 g/mol. The number of aliphatic carboxylic acids is 1. The Bertz CT molecular complexity index is 216. The zero-order valence-corrected chi connectivity index (χ0v) is 7.27. The van der Waals surface area contributed by atoms with E-state index in [4.69, 9.17) is 10.2 Å². The van der Waals surface area contributed by atoms with Crippen molar-refractivity contribution in [2.75, 3.05) is 19.7 Å². The zero-order valence-electron chi connectivity index (χ0n) is 7.27. The van der Waals surface area contributed by atoms with Gasteiger partial charge >= 0.3 is 5.97 Å². The van der Waals surface area contributed by atoms with Crippen LogP contribution in [-0.4, -0.2) is 46.7 Å². The van der Waals surface area contributed by atoms with E-state index in [-0.39, 0.29) is 31.4 Å². The molecule has 1 heterocycles. The number of carboxylic acids is 1. The van der Waals surface area contributed by atoms with Crippen molar-refractivity contribution in [1.29, 1.82) is 0 Å². The topological polar surface area (TPSA) is 77.8 Å². The number of aliphatic hydroxyl groups is 1. The molecular formula is C8H13NO4. The largest absolute Gasteiger partial charge is 0.481 e. The molecule has 0 radical (unpaired) electrons. The summed E-state index contributed by atoms with van der Waals surface area (Å²) in [6.45, 7) is 0.739. The van der Waals surface area contributed by atoms with Crippen molar-refractivity contribution >= 4 is 11.9 Å². The van der Waals surface area contributed by atoms with Crippen LogP contribution >= 0.6 is 0 Å². The van der Waals surface area contributed by atoms with E-state index in [9.17, 15) is 9.59 Å². The Morgan fingerprint density at radius 2 is 2.31 bits per heavy atom. The van der Waals surface area contributed by atoms with Crippen LogP contribution in [0.25, 0.3) is 0 Å². The molecule has 0 spiro atoms. The lowest BCUT2D eigenvalue weighted by molar-refractivity contribution is -0.137. The SMILES string of the molecule is O=C(O)CCN1CC(CO)CC1=O. The van der Waals surface area contributed by atoms with Gasteiger partial charge in [-0.2, -0.15) is 0 Å². The van der Waals surface area contributed by atoms with E-state index in [2.05, 4.69) is 0 Å². The fraction of sp³-hybridized carbons (Fsp3) is 0.750. The number of nitrogens with zero attached hydrogens (tertiary/aromatic N) is 1. The van der Waals surface area contributed by atoms with Crippen LogP contribution in [0.1, 0.15) is 12.8 Å². The van der Waals surface area contributed by atoms with Crippen molar-refractivity contribution < 1.29 is 19.8 Å². The van der Waals surface area contributed by atoms with Crippen molar-refractivity contribution in [1.82, 2.24) is 4.90 Å². The van der Waals surface area contributed by atoms with Gasteiger partial charge in [0.25, 0.3) is 0 Å². The lowest BCUT2D eigenvalue weighted by Gasteiger charge is -2.14. The summed E-state index contributed by atoms with van der Waals surface area (Å²) >= 11 is 0. The van der Waals surface area contributed by atoms with E-state index in [1.807, 2.05) is 0 Å². The Morgan fingerprint density at radius 3 is 2.77 bits per heavy atom. The van der Waals surface area contributed by atoms with Crippen molar-refractivity contribution in [2.45, 2.75) is 12.8 Å². The first-order valence-corrected chi connectivity index (χ1v) is 4.24. The normalized spacial score (nSPS) is 22.4. The van der Waals surface area contributed by atoms with Gasteiger partial charge in [-0.1, -0.05) is 0 Å². The van der Waals surface area contributed by atoms with Gasteiger partial charge in [-0.15, -0.1) is 0 Å². The molecule has 0 saturated carbocycles. The van der Waals surface area contributed by atoms with Crippen LogP contribution < -0.4 is 0 Å². The molecule has 1 unspecified atom stereocenters. The number of rotatable bonds is 4. The van der Waals surface area contributed by atoms with Crippen LogP contribution in [0, 0.1) is 5.92 Å². The first kappa shape index (κ1) is 9.98. The van der Waals surface area contributed by atoms with Gasteiger partial charge in [-0.05, 0) is 0 Å². The average Bonchev–Trinajstić information content (AvgIpc) is 2.43. The van der Waals surface area contributed by atoms with Crippen molar-refractivity contribution in [3.63, 3.8) is 0 Å². The molecule has 1 rings (SSSR count). The van der Waals surface area contributed by atoms with E-state index in [1.165, 1.54) is 4.90 Å². The van der Waals surface area contributed by atoms with Crippen molar-refractivity contribution in [3.05, 3.63) is 0 Å². The first-order chi connectivity index (χ1) is 6.13. The fourth-order valence-electron chi connectivity index (χ4n) is 1.42. The minimum Gasteiger partial charge on any atom is -0.481 e. The smallest absolute Gasteiger partial charge is 0.305 e. The fourth-order valence-corrected chi connectivity index (χ4v) is 1.42. The molecule has 0 aromatic carbocycles. The minimum absolute atomic E-state index is 0.00465. The van der Waals surface area contributed by atoms with E-state index in [1.54, 1.807) is 0 Å². The highest BCUT2D eigenvalue weighted by atomic mass is 16.4. The molecule has 0 bridgehead atoms. The highest BCUT2D eigenvalue weighted by Crippen LogP contribution is 2.16. The molecule has 13 heavy (non-hydrogen) atoms. The summed E-state index contributed by atoms with van der Waals surface area (Å²) < 4.78 is 0. The number of carboxylic acid groups (broad SMARTS) is 1. The molecule has 0 aliphatic carbocycles. The lowest BCUT2D eigenvalue weighted by atomic mass is 10.1. The second-order valence-corrected chi connectivity index (χ2v) is 3.24. The summed E-state index contributed by atoms with van der Waals surface area (Å²) in [5, 5.41) is 17.2. The van der Waals surface area contributed by atoms with Gasteiger partial charge in [0.15, 0.2) is 0 Å². The lowest BCUT2D eigenvalue weighted by Crippen LogP contribution is -2.28.